The number of hydrogen-bond donors (Lipinski definition) is 7. The number of nitrogens with one attached hydrogen (secondary N) is 1. The first kappa shape index (κ1) is 54.6. The number of hydrogen-bond acceptors (Lipinski definition) is 11. The van der Waals surface area contributed by atoms with Gasteiger partial charge in [-0.3, -0.25) is 9.35 Å². The summed E-state index contributed by atoms with van der Waals surface area (Å²) in [6.45, 7) is 3.14. The largest absolute Gasteiger partial charge is 0.397 e. The Morgan fingerprint density at radius 1 is 0.690 bits per heavy atom. The monoisotopic (exact) mass is 850 g/mol. The lowest BCUT2D eigenvalue weighted by atomic mass is 9.99. The zero-order valence-electron chi connectivity index (χ0n) is 36.0. The third-order valence-corrected chi connectivity index (χ3v) is 11.3. The second-order valence-electron chi connectivity index (χ2n) is 16.1. The summed E-state index contributed by atoms with van der Waals surface area (Å²) in [5, 5.41) is 55.0. The fourth-order valence-corrected chi connectivity index (χ4v) is 7.69. The molecule has 8 atom stereocenters. The van der Waals surface area contributed by atoms with Crippen LogP contribution in [0, 0.1) is 0 Å². The Labute approximate surface area is 351 Å². The number of ether oxygens (including phenoxy) is 2. The maximum atomic E-state index is 13.1. The average Bonchev–Trinajstić information content (AvgIpc) is 3.19. The van der Waals surface area contributed by atoms with Gasteiger partial charge in [0, 0.05) is 0 Å². The highest BCUT2D eigenvalue weighted by Crippen LogP contribution is 2.26. The van der Waals surface area contributed by atoms with Crippen molar-refractivity contribution in [1.82, 2.24) is 5.32 Å². The molecule has 1 amide bonds. The van der Waals surface area contributed by atoms with Gasteiger partial charge in [-0.2, -0.15) is 8.42 Å². The number of aliphatic hydroxyl groups excluding tert-OH is 5. The van der Waals surface area contributed by atoms with Gasteiger partial charge in [0.25, 0.3) is 0 Å². The Balaban J connectivity index is 2.49. The SMILES string of the molecule is CCCCC/C=C/CC/C=C/C(O)C(COC1OC(CO)C(O)C(OS(=O)(=O)O)C1O)NC(=O)C(O)CCCCCCCCCCCCCCCCCCCCCC. The maximum Gasteiger partial charge on any atom is 0.397 e. The average molecular weight is 850 g/mol. The van der Waals surface area contributed by atoms with Crippen molar-refractivity contribution in [3.63, 3.8) is 0 Å². The predicted molar refractivity (Wildman–Crippen MR) is 228 cm³/mol. The fourth-order valence-electron chi connectivity index (χ4n) is 7.18. The Hall–Kier alpha value is -1.46. The number of rotatable bonds is 38. The van der Waals surface area contributed by atoms with Crippen molar-refractivity contribution >= 4 is 16.3 Å². The van der Waals surface area contributed by atoms with Crippen LogP contribution in [0.2, 0.25) is 0 Å². The lowest BCUT2D eigenvalue weighted by Gasteiger charge is -2.41. The van der Waals surface area contributed by atoms with Crippen molar-refractivity contribution in [3.8, 4) is 0 Å². The molecule has 0 saturated carbocycles. The predicted octanol–water partition coefficient (Wildman–Crippen LogP) is 7.52. The Kier molecular flexibility index (Phi) is 33.1. The second-order valence-corrected chi connectivity index (χ2v) is 17.2. The molecule has 0 bridgehead atoms. The van der Waals surface area contributed by atoms with E-state index in [1.807, 2.05) is 0 Å². The highest BCUT2D eigenvalue weighted by molar-refractivity contribution is 7.80. The van der Waals surface area contributed by atoms with Crippen molar-refractivity contribution in [3.05, 3.63) is 24.3 Å². The molecule has 13 nitrogen and oxygen atoms in total. The first-order valence-corrected chi connectivity index (χ1v) is 24.2. The van der Waals surface area contributed by atoms with E-state index in [1.165, 1.54) is 115 Å². The number of carbonyl (C=O) groups is 1. The third kappa shape index (κ3) is 27.4. The first-order valence-electron chi connectivity index (χ1n) is 22.8. The summed E-state index contributed by atoms with van der Waals surface area (Å²) < 4.78 is 47.3. The molecule has 1 heterocycles. The molecule has 1 fully saturated rings. The van der Waals surface area contributed by atoms with Crippen molar-refractivity contribution in [2.75, 3.05) is 13.2 Å². The number of amides is 1. The molecule has 0 radical (unpaired) electrons. The Bertz CT molecular complexity index is 1160. The first-order chi connectivity index (χ1) is 27.9. The number of unbranched alkanes of at least 4 members (excludes halogenated alkanes) is 23. The van der Waals surface area contributed by atoms with Gasteiger partial charge in [0.05, 0.1) is 25.4 Å². The molecule has 7 N–H and O–H groups in total. The molecule has 0 aromatic rings. The topological polar surface area (TPSA) is 212 Å². The lowest BCUT2D eigenvalue weighted by molar-refractivity contribution is -0.298. The van der Waals surface area contributed by atoms with Crippen LogP contribution in [0.4, 0.5) is 0 Å². The molecule has 342 valence electrons. The summed E-state index contributed by atoms with van der Waals surface area (Å²) in [5.74, 6) is -0.713. The smallest absolute Gasteiger partial charge is 0.394 e. The zero-order valence-corrected chi connectivity index (χ0v) is 36.8. The van der Waals surface area contributed by atoms with Crippen LogP contribution in [0.25, 0.3) is 0 Å². The van der Waals surface area contributed by atoms with E-state index in [2.05, 4.69) is 35.5 Å². The Morgan fingerprint density at radius 3 is 1.66 bits per heavy atom. The van der Waals surface area contributed by atoms with Gasteiger partial charge in [-0.15, -0.1) is 0 Å². The minimum absolute atomic E-state index is 0.240. The summed E-state index contributed by atoms with van der Waals surface area (Å²) in [6.07, 6.45) is 27.2. The lowest BCUT2D eigenvalue weighted by Crippen LogP contribution is -2.61. The molecule has 0 spiro atoms. The van der Waals surface area contributed by atoms with Gasteiger partial charge in [-0.25, -0.2) is 4.18 Å². The molecule has 14 heteroatoms. The van der Waals surface area contributed by atoms with E-state index in [-0.39, 0.29) is 6.42 Å². The zero-order chi connectivity index (χ0) is 42.9. The van der Waals surface area contributed by atoms with Crippen molar-refractivity contribution in [2.24, 2.45) is 0 Å². The maximum absolute atomic E-state index is 13.1. The summed E-state index contributed by atoms with van der Waals surface area (Å²) in [5.41, 5.74) is 0. The molecule has 1 rings (SSSR count). The number of carbonyl (C=O) groups excluding carboxylic acids is 1. The van der Waals surface area contributed by atoms with Gasteiger partial charge in [-0.05, 0) is 32.1 Å². The molecule has 1 saturated heterocycles. The molecule has 0 aromatic carbocycles. The summed E-state index contributed by atoms with van der Waals surface area (Å²) >= 11 is 0. The van der Waals surface area contributed by atoms with Crippen molar-refractivity contribution < 1.29 is 57.0 Å². The highest BCUT2D eigenvalue weighted by atomic mass is 32.3. The van der Waals surface area contributed by atoms with Crippen LogP contribution in [0.1, 0.15) is 187 Å². The molecule has 1 aliphatic heterocycles. The van der Waals surface area contributed by atoms with Crippen molar-refractivity contribution in [1.29, 1.82) is 0 Å². The Morgan fingerprint density at radius 2 is 1.16 bits per heavy atom. The van der Waals surface area contributed by atoms with Crippen LogP contribution in [-0.2, 0) is 28.9 Å². The van der Waals surface area contributed by atoms with Crippen LogP contribution in [0.15, 0.2) is 24.3 Å². The number of aliphatic hydroxyl groups is 5. The molecular weight excluding hydrogens is 767 g/mol. The van der Waals surface area contributed by atoms with E-state index in [0.29, 0.717) is 12.8 Å². The molecule has 8 unspecified atom stereocenters. The third-order valence-electron chi connectivity index (χ3n) is 10.8. The van der Waals surface area contributed by atoms with Crippen LogP contribution in [-0.4, -0.2) is 107 Å². The number of allylic oxidation sites excluding steroid dienone is 3. The van der Waals surface area contributed by atoms with Crippen LogP contribution in [0.5, 0.6) is 0 Å². The van der Waals surface area contributed by atoms with Gasteiger partial charge in [0.2, 0.25) is 5.91 Å². The summed E-state index contributed by atoms with van der Waals surface area (Å²) in [6, 6.07) is -1.13. The summed E-state index contributed by atoms with van der Waals surface area (Å²) in [7, 11) is -5.12. The van der Waals surface area contributed by atoms with E-state index in [4.69, 9.17) is 14.0 Å². The van der Waals surface area contributed by atoms with Crippen LogP contribution < -0.4 is 5.32 Å². The second kappa shape index (κ2) is 35.2. The van der Waals surface area contributed by atoms with Gasteiger partial charge < -0.3 is 40.3 Å². The van der Waals surface area contributed by atoms with Gasteiger partial charge in [-0.1, -0.05) is 179 Å². The summed E-state index contributed by atoms with van der Waals surface area (Å²) in [4.78, 5) is 13.1. The van der Waals surface area contributed by atoms with Gasteiger partial charge in [0.15, 0.2) is 6.29 Å². The molecular formula is C44H83NO12S. The highest BCUT2D eigenvalue weighted by Gasteiger charge is 2.48. The fraction of sp³-hybridized carbons (Fsp3) is 0.886. The molecule has 1 aliphatic rings. The van der Waals surface area contributed by atoms with E-state index in [9.17, 15) is 38.7 Å². The molecule has 58 heavy (non-hydrogen) atoms. The van der Waals surface area contributed by atoms with E-state index in [0.717, 1.165) is 44.9 Å². The van der Waals surface area contributed by atoms with E-state index >= 15 is 0 Å². The molecule has 0 aliphatic carbocycles. The quantitative estimate of drug-likeness (QED) is 0.0183. The van der Waals surface area contributed by atoms with E-state index < -0.39 is 78.5 Å². The van der Waals surface area contributed by atoms with Crippen LogP contribution in [0.3, 0.4) is 0 Å². The van der Waals surface area contributed by atoms with Gasteiger partial charge in [0.1, 0.15) is 30.5 Å². The standard InChI is InChI=1S/C44H83NO12S/c1-3-5-7-9-11-13-14-15-16-17-18-19-20-21-22-23-25-27-29-31-33-38(48)43(51)45-36(37(47)32-30-28-26-24-12-10-8-6-4-2)35-55-44-41(50)42(57-58(52,53)54)40(49)39(34-46)56-44/h12,24,30,32,36-42,44,46-50H,3-11,13-23,25-29,31,33-35H2,1-2H3,(H,45,51)(H,52,53,54)/b24-12+,32-30+. The van der Waals surface area contributed by atoms with Crippen molar-refractivity contribution in [2.45, 2.75) is 236 Å². The van der Waals surface area contributed by atoms with E-state index in [1.54, 1.807) is 6.08 Å². The minimum atomic E-state index is -5.12. The van der Waals surface area contributed by atoms with Crippen LogP contribution >= 0.6 is 0 Å². The van der Waals surface area contributed by atoms with Gasteiger partial charge >= 0.3 is 10.4 Å². The minimum Gasteiger partial charge on any atom is -0.394 e. The normalized spacial score (nSPS) is 21.8. The molecule has 0 aromatic heterocycles.